The average Bonchev–Trinajstić information content (AvgIpc) is 3.18. The fourth-order valence-electron chi connectivity index (χ4n) is 5.24. The maximum Gasteiger partial charge on any atom is 0.278 e. The summed E-state index contributed by atoms with van der Waals surface area (Å²) < 4.78 is 0. The number of amides is 2. The van der Waals surface area contributed by atoms with Crippen molar-refractivity contribution in [1.29, 1.82) is 0 Å². The summed E-state index contributed by atoms with van der Waals surface area (Å²) in [7, 11) is 0. The quantitative estimate of drug-likeness (QED) is 0.113. The van der Waals surface area contributed by atoms with Crippen LogP contribution in [-0.4, -0.2) is 45.6 Å². The maximum atomic E-state index is 13.8. The van der Waals surface area contributed by atoms with E-state index in [0.29, 0.717) is 48.1 Å². The van der Waals surface area contributed by atoms with Gasteiger partial charge in [0.15, 0.2) is 5.78 Å². The molecule has 1 aliphatic heterocycles. The molecule has 10 nitrogen and oxygen atoms in total. The number of hydrogen-bond acceptors (Lipinski definition) is 7. The molecule has 7 N–H and O–H groups in total. The number of benzene rings is 1. The molecule has 1 unspecified atom stereocenters. The van der Waals surface area contributed by atoms with Gasteiger partial charge in [0.25, 0.3) is 11.8 Å². The van der Waals surface area contributed by atoms with Crippen LogP contribution in [0.25, 0.3) is 5.57 Å². The highest BCUT2D eigenvalue weighted by atomic mass is 16.5. The number of carbonyl (C=O) groups excluding carboxylic acids is 3. The highest BCUT2D eigenvalue weighted by molar-refractivity contribution is 6.19. The SMILES string of the molecule is C/C=C(/C(C)=O)c1ccc(N2C(=O)C(/C=C(/C)N)=C(CC3=CC(C(=O)N=C(N)/C=C\NC(C)(O)O)=CCC3)C2CC)cc1. The Labute approximate surface area is 252 Å². The summed E-state index contributed by atoms with van der Waals surface area (Å²) in [6.45, 7) is 8.24. The van der Waals surface area contributed by atoms with Crippen LogP contribution in [0.4, 0.5) is 5.69 Å². The number of aliphatic imine (C=N–C) groups is 1. The minimum atomic E-state index is -2.13. The second-order valence-electron chi connectivity index (χ2n) is 10.7. The van der Waals surface area contributed by atoms with Gasteiger partial charge in [0.05, 0.1) is 6.04 Å². The van der Waals surface area contributed by atoms with Gasteiger partial charge >= 0.3 is 0 Å². The molecule has 0 spiro atoms. The summed E-state index contributed by atoms with van der Waals surface area (Å²) in [6.07, 6.45) is 12.0. The number of nitrogens with one attached hydrogen (secondary N) is 1. The molecular weight excluding hydrogens is 546 g/mol. The van der Waals surface area contributed by atoms with Gasteiger partial charge in [-0.3, -0.25) is 14.4 Å². The van der Waals surface area contributed by atoms with E-state index in [9.17, 15) is 24.6 Å². The van der Waals surface area contributed by atoms with Crippen molar-refractivity contribution in [3.63, 3.8) is 0 Å². The molecule has 0 fully saturated rings. The third-order valence-corrected chi connectivity index (χ3v) is 7.09. The maximum absolute atomic E-state index is 13.8. The first-order valence-corrected chi connectivity index (χ1v) is 14.2. The molecule has 228 valence electrons. The fourth-order valence-corrected chi connectivity index (χ4v) is 5.24. The van der Waals surface area contributed by atoms with Gasteiger partial charge in [-0.1, -0.05) is 42.9 Å². The Hall–Kier alpha value is -4.54. The Morgan fingerprint density at radius 2 is 1.86 bits per heavy atom. The fraction of sp³-hybridized carbons (Fsp3) is 0.333. The zero-order valence-corrected chi connectivity index (χ0v) is 25.3. The van der Waals surface area contributed by atoms with E-state index >= 15 is 0 Å². The number of hydrogen-bond donors (Lipinski definition) is 5. The molecule has 0 bridgehead atoms. The van der Waals surface area contributed by atoms with Crippen molar-refractivity contribution in [2.45, 2.75) is 72.3 Å². The molecule has 3 rings (SSSR count). The number of anilines is 1. The molecule has 43 heavy (non-hydrogen) atoms. The summed E-state index contributed by atoms with van der Waals surface area (Å²) >= 11 is 0. The minimum absolute atomic E-state index is 0.0285. The Kier molecular flexibility index (Phi) is 10.8. The molecule has 1 atom stereocenters. The van der Waals surface area contributed by atoms with Crippen molar-refractivity contribution in [1.82, 2.24) is 5.32 Å². The van der Waals surface area contributed by atoms with Crippen LogP contribution in [-0.2, 0) is 14.4 Å². The van der Waals surface area contributed by atoms with Crippen molar-refractivity contribution in [2.24, 2.45) is 16.5 Å². The van der Waals surface area contributed by atoms with Gasteiger partial charge in [0, 0.05) is 41.2 Å². The number of nitrogens with zero attached hydrogens (tertiary/aromatic N) is 2. The number of carbonyl (C=O) groups is 3. The summed E-state index contributed by atoms with van der Waals surface area (Å²) in [6, 6.07) is 7.19. The largest absolute Gasteiger partial charge is 0.402 e. The Balaban J connectivity index is 1.90. The van der Waals surface area contributed by atoms with Crippen LogP contribution >= 0.6 is 0 Å². The second kappa shape index (κ2) is 14.1. The van der Waals surface area contributed by atoms with E-state index in [-0.39, 0.29) is 23.6 Å². The molecule has 0 aromatic heterocycles. The predicted molar refractivity (Wildman–Crippen MR) is 169 cm³/mol. The lowest BCUT2D eigenvalue weighted by molar-refractivity contribution is -0.160. The molecule has 0 saturated heterocycles. The Morgan fingerprint density at radius 1 is 1.19 bits per heavy atom. The van der Waals surface area contributed by atoms with E-state index in [2.05, 4.69) is 10.3 Å². The lowest BCUT2D eigenvalue weighted by atomic mass is 9.89. The molecule has 0 radical (unpaired) electrons. The molecule has 1 aliphatic carbocycles. The van der Waals surface area contributed by atoms with Crippen LogP contribution in [0.5, 0.6) is 0 Å². The van der Waals surface area contributed by atoms with Gasteiger partial charge in [-0.15, -0.1) is 0 Å². The third-order valence-electron chi connectivity index (χ3n) is 7.09. The van der Waals surface area contributed by atoms with E-state index in [0.717, 1.165) is 29.3 Å². The van der Waals surface area contributed by atoms with E-state index < -0.39 is 11.8 Å². The number of rotatable bonds is 11. The summed E-state index contributed by atoms with van der Waals surface area (Å²) in [5.41, 5.74) is 17.3. The lowest BCUT2D eigenvalue weighted by Gasteiger charge is -2.27. The Morgan fingerprint density at radius 3 is 2.42 bits per heavy atom. The number of Topliss-reactive ketones (excluding diaryl/α,β-unsaturated/α-hetero) is 1. The molecular formula is C33H41N5O5. The van der Waals surface area contributed by atoms with Gasteiger partial charge in [0.1, 0.15) is 5.84 Å². The normalized spacial score (nSPS) is 18.8. The van der Waals surface area contributed by atoms with Crippen LogP contribution in [0.1, 0.15) is 65.9 Å². The first kappa shape index (κ1) is 33.0. The first-order chi connectivity index (χ1) is 20.2. The molecule has 0 saturated carbocycles. The lowest BCUT2D eigenvalue weighted by Crippen LogP contribution is -2.38. The average molecular weight is 588 g/mol. The monoisotopic (exact) mass is 587 g/mol. The number of ketones is 1. The summed E-state index contributed by atoms with van der Waals surface area (Å²) in [5, 5.41) is 20.9. The molecule has 10 heteroatoms. The number of amidine groups is 1. The van der Waals surface area contributed by atoms with Crippen molar-refractivity contribution in [2.75, 3.05) is 4.90 Å². The summed E-state index contributed by atoms with van der Waals surface area (Å²) in [4.78, 5) is 44.4. The number of nitrogens with two attached hydrogens (primary N) is 2. The van der Waals surface area contributed by atoms with Crippen molar-refractivity contribution < 1.29 is 24.6 Å². The zero-order chi connectivity index (χ0) is 31.9. The predicted octanol–water partition coefficient (Wildman–Crippen LogP) is 3.65. The van der Waals surface area contributed by atoms with E-state index in [1.807, 2.05) is 38.1 Å². The van der Waals surface area contributed by atoms with Gasteiger partial charge in [-0.2, -0.15) is 4.99 Å². The third kappa shape index (κ3) is 8.50. The molecule has 2 aliphatic rings. The van der Waals surface area contributed by atoms with Crippen molar-refractivity contribution >= 4 is 34.7 Å². The van der Waals surface area contributed by atoms with Crippen LogP contribution in [0.15, 0.2) is 93.8 Å². The van der Waals surface area contributed by atoms with E-state index in [1.54, 1.807) is 36.1 Å². The van der Waals surface area contributed by atoms with Crippen molar-refractivity contribution in [3.8, 4) is 0 Å². The molecule has 1 aromatic carbocycles. The number of allylic oxidation sites excluding steroid dienone is 5. The van der Waals surface area contributed by atoms with Crippen LogP contribution in [0.3, 0.4) is 0 Å². The standard InChI is InChI=1S/C33H41N5O5/c1-6-26(21(4)39)23-11-13-25(14-12-23)38-29(7-2)27(28(32(38)41)17-20(3)34)19-22-9-8-10-24(18-22)31(40)37-30(35)15-16-36-33(5,42)43/h6,10-18,29,36,42-43H,7-9,19,34H2,1-5H3,(H2,35,37,40)/b16-15-,20-17-,26-6-. The van der Waals surface area contributed by atoms with Crippen LogP contribution in [0.2, 0.25) is 0 Å². The molecule has 1 aromatic rings. The smallest absolute Gasteiger partial charge is 0.278 e. The Bertz CT molecular complexity index is 1480. The minimum Gasteiger partial charge on any atom is -0.402 e. The zero-order valence-electron chi connectivity index (χ0n) is 25.3. The van der Waals surface area contributed by atoms with E-state index in [1.165, 1.54) is 19.2 Å². The van der Waals surface area contributed by atoms with Gasteiger partial charge in [-0.05, 0) is 81.9 Å². The first-order valence-electron chi connectivity index (χ1n) is 14.2. The van der Waals surface area contributed by atoms with Gasteiger partial charge in [-0.25, -0.2) is 0 Å². The van der Waals surface area contributed by atoms with E-state index in [4.69, 9.17) is 11.5 Å². The molecule has 1 heterocycles. The van der Waals surface area contributed by atoms with Crippen LogP contribution in [0, 0.1) is 0 Å². The highest BCUT2D eigenvalue weighted by Crippen LogP contribution is 2.39. The highest BCUT2D eigenvalue weighted by Gasteiger charge is 2.38. The van der Waals surface area contributed by atoms with Gasteiger partial charge in [0.2, 0.25) is 5.91 Å². The van der Waals surface area contributed by atoms with Crippen molar-refractivity contribution in [3.05, 3.63) is 94.4 Å². The molecule has 2 amide bonds. The van der Waals surface area contributed by atoms with Gasteiger partial charge < -0.3 is 31.9 Å². The topological polar surface area (TPSA) is 171 Å². The summed E-state index contributed by atoms with van der Waals surface area (Å²) in [5.74, 6) is -2.93. The van der Waals surface area contributed by atoms with Crippen LogP contribution < -0.4 is 21.7 Å². The second-order valence-corrected chi connectivity index (χ2v) is 10.7. The number of aliphatic hydroxyl groups is 2.